The van der Waals surface area contributed by atoms with Crippen molar-refractivity contribution in [2.24, 2.45) is 0 Å². The van der Waals surface area contributed by atoms with Gasteiger partial charge in [0, 0.05) is 15.1 Å². The van der Waals surface area contributed by atoms with Crippen molar-refractivity contribution < 1.29 is 0 Å². The van der Waals surface area contributed by atoms with E-state index in [9.17, 15) is 9.59 Å². The van der Waals surface area contributed by atoms with Crippen LogP contribution in [0.1, 0.15) is 11.1 Å². The molecular formula is C24H17ClN2O2S. The molecule has 4 nitrogen and oxygen atoms in total. The van der Waals surface area contributed by atoms with Gasteiger partial charge in [0.1, 0.15) is 4.70 Å². The lowest BCUT2D eigenvalue weighted by molar-refractivity contribution is 0.718. The molecule has 0 bridgehead atoms. The molecule has 0 N–H and O–H groups in total. The molecule has 0 aliphatic carbocycles. The fourth-order valence-electron chi connectivity index (χ4n) is 3.72. The van der Waals surface area contributed by atoms with Gasteiger partial charge in [0.15, 0.2) is 0 Å². The Morgan fingerprint density at radius 3 is 2.47 bits per heavy atom. The molecule has 0 saturated heterocycles. The van der Waals surface area contributed by atoms with Gasteiger partial charge in [0.05, 0.1) is 17.7 Å². The Morgan fingerprint density at radius 1 is 0.933 bits per heavy atom. The smallest absolute Gasteiger partial charge is 0.287 e. The van der Waals surface area contributed by atoms with E-state index >= 15 is 0 Å². The van der Waals surface area contributed by atoms with Gasteiger partial charge in [-0.3, -0.25) is 9.36 Å². The molecule has 6 heteroatoms. The Morgan fingerprint density at radius 2 is 1.70 bits per heavy atom. The number of nitrogens with zero attached hydrogens (tertiary/aromatic N) is 2. The first-order chi connectivity index (χ1) is 14.5. The monoisotopic (exact) mass is 432 g/mol. The summed E-state index contributed by atoms with van der Waals surface area (Å²) in [6.07, 6.45) is 0. The van der Waals surface area contributed by atoms with Gasteiger partial charge < -0.3 is 0 Å². The molecule has 5 rings (SSSR count). The number of halogens is 1. The van der Waals surface area contributed by atoms with E-state index in [2.05, 4.69) is 0 Å². The van der Waals surface area contributed by atoms with Gasteiger partial charge in [-0.25, -0.2) is 9.36 Å². The van der Waals surface area contributed by atoms with Crippen molar-refractivity contribution in [1.82, 2.24) is 9.13 Å². The topological polar surface area (TPSA) is 44.0 Å². The molecule has 5 aromatic rings. The molecule has 148 valence electrons. The van der Waals surface area contributed by atoms with Crippen LogP contribution in [0.3, 0.4) is 0 Å². The fraction of sp³-hybridized carbons (Fsp3) is 0.0833. The highest BCUT2D eigenvalue weighted by atomic mass is 35.5. The van der Waals surface area contributed by atoms with Crippen LogP contribution in [0.25, 0.3) is 26.0 Å². The van der Waals surface area contributed by atoms with Crippen LogP contribution in [0.2, 0.25) is 5.02 Å². The van der Waals surface area contributed by atoms with Crippen LogP contribution in [-0.4, -0.2) is 9.13 Å². The van der Waals surface area contributed by atoms with Gasteiger partial charge in [0.2, 0.25) is 0 Å². The highest BCUT2D eigenvalue weighted by Crippen LogP contribution is 2.31. The first-order valence-corrected chi connectivity index (χ1v) is 10.7. The quantitative estimate of drug-likeness (QED) is 0.384. The number of fused-ring (bicyclic) bond motifs is 3. The van der Waals surface area contributed by atoms with Crippen LogP contribution in [0, 0.1) is 6.92 Å². The van der Waals surface area contributed by atoms with Gasteiger partial charge in [0.25, 0.3) is 5.56 Å². The first kappa shape index (κ1) is 18.9. The maximum Gasteiger partial charge on any atom is 0.336 e. The minimum absolute atomic E-state index is 0.321. The maximum atomic E-state index is 13.6. The minimum atomic E-state index is -0.376. The zero-order valence-corrected chi connectivity index (χ0v) is 17.7. The van der Waals surface area contributed by atoms with Crippen molar-refractivity contribution in [2.45, 2.75) is 13.5 Å². The molecule has 0 unspecified atom stereocenters. The summed E-state index contributed by atoms with van der Waals surface area (Å²) in [7, 11) is 0. The van der Waals surface area contributed by atoms with Gasteiger partial charge in [-0.05, 0) is 36.8 Å². The third-order valence-electron chi connectivity index (χ3n) is 5.19. The van der Waals surface area contributed by atoms with Crippen molar-refractivity contribution in [1.29, 1.82) is 0 Å². The molecular weight excluding hydrogens is 416 g/mol. The Labute approximate surface area is 181 Å². The number of rotatable bonds is 3. The second kappa shape index (κ2) is 7.27. The molecule has 0 amide bonds. The van der Waals surface area contributed by atoms with Crippen molar-refractivity contribution in [3.05, 3.63) is 110 Å². The average molecular weight is 433 g/mol. The second-order valence-corrected chi connectivity index (χ2v) is 8.74. The standard InChI is InChI=1S/C24H17ClN2O2S/c1-15-9-11-16(12-10-15)14-26-21-19-7-2-3-8-20(19)30-22(21)23(28)27(24(26)29)18-6-4-5-17(25)13-18/h2-13H,14H2,1H3. The van der Waals surface area contributed by atoms with Gasteiger partial charge in [-0.1, -0.05) is 65.7 Å². The Hall–Kier alpha value is -3.15. The second-order valence-electron chi connectivity index (χ2n) is 7.25. The number of thiophene rings is 1. The predicted molar refractivity (Wildman–Crippen MR) is 124 cm³/mol. The largest absolute Gasteiger partial charge is 0.336 e. The zero-order chi connectivity index (χ0) is 20.8. The summed E-state index contributed by atoms with van der Waals surface area (Å²) in [4.78, 5) is 27.0. The number of benzene rings is 3. The van der Waals surface area contributed by atoms with E-state index in [4.69, 9.17) is 11.6 Å². The lowest BCUT2D eigenvalue weighted by atomic mass is 10.1. The van der Waals surface area contributed by atoms with Gasteiger partial charge in [-0.15, -0.1) is 11.3 Å². The van der Waals surface area contributed by atoms with E-state index in [1.165, 1.54) is 15.9 Å². The predicted octanol–water partition coefficient (Wildman–Crippen LogP) is 5.38. The van der Waals surface area contributed by atoms with Crippen LogP contribution in [0.5, 0.6) is 0 Å². The Bertz CT molecular complexity index is 1530. The van der Waals surface area contributed by atoms with E-state index in [-0.39, 0.29) is 11.2 Å². The van der Waals surface area contributed by atoms with E-state index in [0.29, 0.717) is 27.5 Å². The summed E-state index contributed by atoms with van der Waals surface area (Å²) in [5, 5.41) is 1.39. The summed E-state index contributed by atoms with van der Waals surface area (Å²) in [6, 6.07) is 22.7. The van der Waals surface area contributed by atoms with Crippen LogP contribution < -0.4 is 11.2 Å². The third-order valence-corrected chi connectivity index (χ3v) is 6.57. The fourth-order valence-corrected chi connectivity index (χ4v) is 5.04. The van der Waals surface area contributed by atoms with Gasteiger partial charge in [-0.2, -0.15) is 0 Å². The van der Waals surface area contributed by atoms with Crippen molar-refractivity contribution >= 4 is 43.2 Å². The highest BCUT2D eigenvalue weighted by molar-refractivity contribution is 7.25. The maximum absolute atomic E-state index is 13.6. The van der Waals surface area contributed by atoms with E-state index in [0.717, 1.165) is 21.2 Å². The van der Waals surface area contributed by atoms with E-state index in [1.54, 1.807) is 28.8 Å². The SMILES string of the molecule is Cc1ccc(Cn2c(=O)n(-c3cccc(Cl)c3)c(=O)c3sc4ccccc4c32)cc1. The summed E-state index contributed by atoms with van der Waals surface area (Å²) in [5.74, 6) is 0. The molecule has 0 aliphatic heterocycles. The number of hydrogen-bond donors (Lipinski definition) is 0. The molecule has 0 spiro atoms. The lowest BCUT2D eigenvalue weighted by Crippen LogP contribution is -2.38. The number of aryl methyl sites for hydroxylation is 1. The Balaban J connectivity index is 1.89. The average Bonchev–Trinajstić information content (AvgIpc) is 3.13. The summed E-state index contributed by atoms with van der Waals surface area (Å²) >= 11 is 7.56. The van der Waals surface area contributed by atoms with Crippen molar-refractivity contribution in [2.75, 3.05) is 0 Å². The molecule has 2 heterocycles. The highest BCUT2D eigenvalue weighted by Gasteiger charge is 2.19. The molecule has 30 heavy (non-hydrogen) atoms. The normalized spacial score (nSPS) is 11.4. The third kappa shape index (κ3) is 3.07. The Kier molecular flexibility index (Phi) is 4.57. The molecule has 2 aromatic heterocycles. The van der Waals surface area contributed by atoms with Crippen LogP contribution in [-0.2, 0) is 6.54 Å². The summed E-state index contributed by atoms with van der Waals surface area (Å²) in [6.45, 7) is 2.40. The van der Waals surface area contributed by atoms with E-state index < -0.39 is 0 Å². The molecule has 0 saturated carbocycles. The molecule has 0 radical (unpaired) electrons. The minimum Gasteiger partial charge on any atom is -0.287 e. The molecule has 3 aromatic carbocycles. The lowest BCUT2D eigenvalue weighted by Gasteiger charge is -2.13. The van der Waals surface area contributed by atoms with Crippen molar-refractivity contribution in [3.8, 4) is 5.69 Å². The van der Waals surface area contributed by atoms with E-state index in [1.807, 2.05) is 55.5 Å². The molecule has 0 atom stereocenters. The van der Waals surface area contributed by atoms with Crippen molar-refractivity contribution in [3.63, 3.8) is 0 Å². The van der Waals surface area contributed by atoms with Crippen LogP contribution in [0.4, 0.5) is 0 Å². The summed E-state index contributed by atoms with van der Waals surface area (Å²) < 4.78 is 4.45. The van der Waals surface area contributed by atoms with Gasteiger partial charge >= 0.3 is 5.69 Å². The molecule has 0 aliphatic rings. The first-order valence-electron chi connectivity index (χ1n) is 9.51. The number of aromatic nitrogens is 2. The zero-order valence-electron chi connectivity index (χ0n) is 16.1. The number of hydrogen-bond acceptors (Lipinski definition) is 3. The van der Waals surface area contributed by atoms with Crippen LogP contribution >= 0.6 is 22.9 Å². The molecule has 0 fully saturated rings. The van der Waals surface area contributed by atoms with Crippen LogP contribution in [0.15, 0.2) is 82.4 Å². The summed E-state index contributed by atoms with van der Waals surface area (Å²) in [5.41, 5.74) is 2.60.